The molecule has 2 aromatic carbocycles. The number of sulfonamides is 1. The monoisotopic (exact) mass is 434 g/mol. The van der Waals surface area contributed by atoms with Crippen LogP contribution >= 0.6 is 11.6 Å². The molecule has 1 fully saturated rings. The van der Waals surface area contributed by atoms with Crippen LogP contribution in [0.4, 0.5) is 0 Å². The van der Waals surface area contributed by atoms with Crippen molar-refractivity contribution in [3.05, 3.63) is 64.2 Å². The molecule has 1 aliphatic rings. The van der Waals surface area contributed by atoms with Crippen LogP contribution in [-0.2, 0) is 16.6 Å². The van der Waals surface area contributed by atoms with Crippen LogP contribution in [0.25, 0.3) is 0 Å². The highest BCUT2D eigenvalue weighted by molar-refractivity contribution is 7.89. The molecule has 0 aliphatic carbocycles. The molecule has 0 bridgehead atoms. The van der Waals surface area contributed by atoms with Gasteiger partial charge in [-0.3, -0.25) is 4.79 Å². The van der Waals surface area contributed by atoms with E-state index < -0.39 is 10.0 Å². The second kappa shape index (κ2) is 9.28. The first-order valence-electron chi connectivity index (χ1n) is 9.90. The molecule has 1 saturated heterocycles. The van der Waals surface area contributed by atoms with Gasteiger partial charge in [-0.05, 0) is 55.2 Å². The maximum absolute atomic E-state index is 13.2. The first-order chi connectivity index (χ1) is 13.8. The second-order valence-electron chi connectivity index (χ2n) is 7.59. The van der Waals surface area contributed by atoms with E-state index in [1.54, 1.807) is 47.4 Å². The predicted molar refractivity (Wildman–Crippen MR) is 116 cm³/mol. The topological polar surface area (TPSA) is 57.7 Å². The lowest BCUT2D eigenvalue weighted by Crippen LogP contribution is -2.33. The number of rotatable bonds is 5. The third kappa shape index (κ3) is 5.18. The fourth-order valence-electron chi connectivity index (χ4n) is 3.59. The Kier molecular flexibility index (Phi) is 6.98. The van der Waals surface area contributed by atoms with Gasteiger partial charge in [0, 0.05) is 37.3 Å². The number of benzene rings is 2. The van der Waals surface area contributed by atoms with E-state index in [-0.39, 0.29) is 10.8 Å². The summed E-state index contributed by atoms with van der Waals surface area (Å²) >= 11 is 5.91. The summed E-state index contributed by atoms with van der Waals surface area (Å²) < 4.78 is 28.0. The summed E-state index contributed by atoms with van der Waals surface area (Å²) in [6.45, 7) is 3.27. The van der Waals surface area contributed by atoms with Crippen LogP contribution in [0.15, 0.2) is 47.4 Å². The van der Waals surface area contributed by atoms with Crippen molar-refractivity contribution in [2.75, 3.05) is 20.1 Å². The Labute approximate surface area is 178 Å². The Morgan fingerprint density at radius 1 is 1.03 bits per heavy atom. The largest absolute Gasteiger partial charge is 0.337 e. The van der Waals surface area contributed by atoms with E-state index in [1.807, 2.05) is 12.1 Å². The molecule has 0 spiro atoms. The van der Waals surface area contributed by atoms with E-state index in [1.165, 1.54) is 6.07 Å². The Balaban J connectivity index is 1.83. The Hall–Kier alpha value is -1.89. The number of carbonyl (C=O) groups is 1. The van der Waals surface area contributed by atoms with Crippen molar-refractivity contribution < 1.29 is 13.2 Å². The molecule has 1 aliphatic heterocycles. The summed E-state index contributed by atoms with van der Waals surface area (Å²) in [5.41, 5.74) is 1.99. The number of amides is 1. The molecule has 0 saturated carbocycles. The molecule has 5 nitrogen and oxygen atoms in total. The summed E-state index contributed by atoms with van der Waals surface area (Å²) in [7, 11) is -1.91. The van der Waals surface area contributed by atoms with Gasteiger partial charge in [-0.2, -0.15) is 4.31 Å². The van der Waals surface area contributed by atoms with E-state index in [0.717, 1.165) is 31.2 Å². The number of hydrogen-bond acceptors (Lipinski definition) is 3. The van der Waals surface area contributed by atoms with Gasteiger partial charge in [0.05, 0.1) is 4.90 Å². The van der Waals surface area contributed by atoms with Crippen LogP contribution in [0.5, 0.6) is 0 Å². The smallest absolute Gasteiger partial charge is 0.253 e. The predicted octanol–water partition coefficient (Wildman–Crippen LogP) is 4.49. The molecule has 156 valence electrons. The first kappa shape index (κ1) is 21.8. The average molecular weight is 435 g/mol. The molecule has 2 aromatic rings. The van der Waals surface area contributed by atoms with Crippen molar-refractivity contribution in [3.8, 4) is 0 Å². The molecule has 1 heterocycles. The maximum Gasteiger partial charge on any atom is 0.253 e. The highest BCUT2D eigenvalue weighted by atomic mass is 35.5. The minimum absolute atomic E-state index is 0.215. The summed E-state index contributed by atoms with van der Waals surface area (Å²) in [6.07, 6.45) is 3.86. The Morgan fingerprint density at radius 2 is 1.66 bits per heavy atom. The van der Waals surface area contributed by atoms with E-state index >= 15 is 0 Å². The van der Waals surface area contributed by atoms with Crippen molar-refractivity contribution in [2.24, 2.45) is 0 Å². The highest BCUT2D eigenvalue weighted by Crippen LogP contribution is 2.25. The number of halogens is 1. The van der Waals surface area contributed by atoms with Crippen LogP contribution in [0, 0.1) is 6.92 Å². The fraction of sp³-hybridized carbons (Fsp3) is 0.409. The molecule has 29 heavy (non-hydrogen) atoms. The highest BCUT2D eigenvalue weighted by Gasteiger charge is 2.27. The summed E-state index contributed by atoms with van der Waals surface area (Å²) in [5, 5.41) is 0.643. The molecule has 1 amide bonds. The number of nitrogens with zero attached hydrogens (tertiary/aromatic N) is 2. The van der Waals surface area contributed by atoms with E-state index in [0.29, 0.717) is 35.8 Å². The molecule has 7 heteroatoms. The summed E-state index contributed by atoms with van der Waals surface area (Å²) in [6, 6.07) is 12.2. The third-order valence-electron chi connectivity index (χ3n) is 5.30. The first-order valence-corrected chi connectivity index (χ1v) is 11.7. The van der Waals surface area contributed by atoms with Gasteiger partial charge in [0.25, 0.3) is 5.91 Å². The van der Waals surface area contributed by atoms with Crippen molar-refractivity contribution >= 4 is 27.5 Å². The second-order valence-corrected chi connectivity index (χ2v) is 9.93. The van der Waals surface area contributed by atoms with Gasteiger partial charge in [0.2, 0.25) is 10.0 Å². The molecular formula is C22H27ClN2O3S. The summed E-state index contributed by atoms with van der Waals surface area (Å²) in [5.74, 6) is -0.215. The lowest BCUT2D eigenvalue weighted by molar-refractivity contribution is 0.0785. The van der Waals surface area contributed by atoms with Crippen LogP contribution in [0.1, 0.15) is 47.2 Å². The molecule has 0 unspecified atom stereocenters. The van der Waals surface area contributed by atoms with Gasteiger partial charge < -0.3 is 4.90 Å². The van der Waals surface area contributed by atoms with Gasteiger partial charge in [0.15, 0.2) is 0 Å². The van der Waals surface area contributed by atoms with Crippen LogP contribution in [-0.4, -0.2) is 43.7 Å². The lowest BCUT2D eigenvalue weighted by atomic mass is 10.1. The normalized spacial score (nSPS) is 15.7. The van der Waals surface area contributed by atoms with E-state index in [4.69, 9.17) is 11.6 Å². The minimum Gasteiger partial charge on any atom is -0.337 e. The van der Waals surface area contributed by atoms with Crippen LogP contribution < -0.4 is 0 Å². The van der Waals surface area contributed by atoms with Crippen molar-refractivity contribution in [1.29, 1.82) is 0 Å². The zero-order chi connectivity index (χ0) is 21.0. The maximum atomic E-state index is 13.2. The van der Waals surface area contributed by atoms with Gasteiger partial charge in [-0.25, -0.2) is 8.42 Å². The van der Waals surface area contributed by atoms with Gasteiger partial charge >= 0.3 is 0 Å². The standard InChI is InChI=1S/C22H27ClN2O3S/c1-17-7-10-19(22(26)24(2)16-18-8-11-20(23)12-9-18)15-21(17)29(27,28)25-13-5-3-4-6-14-25/h7-12,15H,3-6,13-14,16H2,1-2H3. The lowest BCUT2D eigenvalue weighted by Gasteiger charge is -2.22. The number of aryl methyl sites for hydroxylation is 1. The summed E-state index contributed by atoms with van der Waals surface area (Å²) in [4.78, 5) is 14.7. The Morgan fingerprint density at radius 3 is 2.28 bits per heavy atom. The van der Waals surface area contributed by atoms with Crippen molar-refractivity contribution in [3.63, 3.8) is 0 Å². The third-order valence-corrected chi connectivity index (χ3v) is 7.59. The minimum atomic E-state index is -3.61. The quantitative estimate of drug-likeness (QED) is 0.696. The molecular weight excluding hydrogens is 408 g/mol. The van der Waals surface area contributed by atoms with E-state index in [2.05, 4.69) is 0 Å². The van der Waals surface area contributed by atoms with Crippen LogP contribution in [0.3, 0.4) is 0 Å². The van der Waals surface area contributed by atoms with Gasteiger partial charge in [-0.15, -0.1) is 0 Å². The Bertz CT molecular complexity index is 966. The molecule has 0 aromatic heterocycles. The molecule has 0 atom stereocenters. The fourth-order valence-corrected chi connectivity index (χ4v) is 5.48. The van der Waals surface area contributed by atoms with Crippen molar-refractivity contribution in [2.45, 2.75) is 44.0 Å². The molecule has 0 N–H and O–H groups in total. The average Bonchev–Trinajstić information content (AvgIpc) is 2.99. The molecule has 0 radical (unpaired) electrons. The SMILES string of the molecule is Cc1ccc(C(=O)N(C)Cc2ccc(Cl)cc2)cc1S(=O)(=O)N1CCCCCC1. The van der Waals surface area contributed by atoms with Crippen molar-refractivity contribution in [1.82, 2.24) is 9.21 Å². The van der Waals surface area contributed by atoms with Gasteiger partial charge in [-0.1, -0.05) is 42.6 Å². The zero-order valence-corrected chi connectivity index (χ0v) is 18.5. The number of hydrogen-bond donors (Lipinski definition) is 0. The van der Waals surface area contributed by atoms with Gasteiger partial charge in [0.1, 0.15) is 0 Å². The molecule has 3 rings (SSSR count). The van der Waals surface area contributed by atoms with E-state index in [9.17, 15) is 13.2 Å². The zero-order valence-electron chi connectivity index (χ0n) is 16.9. The number of carbonyl (C=O) groups excluding carboxylic acids is 1. The van der Waals surface area contributed by atoms with Crippen LogP contribution in [0.2, 0.25) is 5.02 Å².